The summed E-state index contributed by atoms with van der Waals surface area (Å²) in [5.41, 5.74) is 0. The zero-order valence-electron chi connectivity index (χ0n) is 8.68. The first-order chi connectivity index (χ1) is 6.26. The van der Waals surface area contributed by atoms with Gasteiger partial charge >= 0.3 is 0 Å². The summed E-state index contributed by atoms with van der Waals surface area (Å²) >= 11 is 4.05. The van der Waals surface area contributed by atoms with Crippen molar-refractivity contribution in [3.8, 4) is 0 Å². The molecule has 78 valence electrons. The summed E-state index contributed by atoms with van der Waals surface area (Å²) < 4.78 is 0. The van der Waals surface area contributed by atoms with Crippen LogP contribution in [0.3, 0.4) is 0 Å². The lowest BCUT2D eigenvalue weighted by Gasteiger charge is -2.13. The smallest absolute Gasteiger partial charge is 0.223 e. The predicted molar refractivity (Wildman–Crippen MR) is 60.2 cm³/mol. The summed E-state index contributed by atoms with van der Waals surface area (Å²) in [6.07, 6.45) is 4.27. The summed E-state index contributed by atoms with van der Waals surface area (Å²) in [5, 5.41) is 2.88. The highest BCUT2D eigenvalue weighted by molar-refractivity contribution is 7.80. The van der Waals surface area contributed by atoms with Crippen molar-refractivity contribution < 1.29 is 4.79 Å². The molecule has 3 heteroatoms. The Hall–Kier alpha value is -0.180. The van der Waals surface area contributed by atoms with Gasteiger partial charge in [-0.2, -0.15) is 12.6 Å². The van der Waals surface area contributed by atoms with E-state index in [1.54, 1.807) is 0 Å². The molecule has 1 amide bonds. The van der Waals surface area contributed by atoms with Gasteiger partial charge in [0, 0.05) is 18.2 Å². The minimum atomic E-state index is 0.199. The molecule has 0 aliphatic carbocycles. The third-order valence-corrected chi connectivity index (χ3v) is 2.40. The number of thiol groups is 1. The van der Waals surface area contributed by atoms with E-state index in [0.29, 0.717) is 6.54 Å². The van der Waals surface area contributed by atoms with Gasteiger partial charge in [-0.25, -0.2) is 0 Å². The molecule has 13 heavy (non-hydrogen) atoms. The van der Waals surface area contributed by atoms with Crippen molar-refractivity contribution in [3.63, 3.8) is 0 Å². The standard InChI is InChI=1S/C10H21NOS/c1-3-5-6-9(4-2)10(12)11-7-8-13/h9,13H,3-8H2,1-2H3,(H,11,12). The summed E-state index contributed by atoms with van der Waals surface area (Å²) in [5.74, 6) is 1.13. The number of carbonyl (C=O) groups is 1. The topological polar surface area (TPSA) is 29.1 Å². The molecule has 1 N–H and O–H groups in total. The first kappa shape index (κ1) is 12.8. The fraction of sp³-hybridized carbons (Fsp3) is 0.900. The molecule has 0 aromatic heterocycles. The van der Waals surface area contributed by atoms with E-state index in [9.17, 15) is 4.79 Å². The maximum atomic E-state index is 11.5. The van der Waals surface area contributed by atoms with Crippen LogP contribution in [0.25, 0.3) is 0 Å². The Morgan fingerprint density at radius 1 is 1.46 bits per heavy atom. The molecule has 0 aromatic carbocycles. The number of rotatable bonds is 7. The van der Waals surface area contributed by atoms with E-state index in [4.69, 9.17) is 0 Å². The summed E-state index contributed by atoms with van der Waals surface area (Å²) in [6, 6.07) is 0. The van der Waals surface area contributed by atoms with Crippen LogP contribution in [-0.2, 0) is 4.79 Å². The fourth-order valence-electron chi connectivity index (χ4n) is 1.29. The van der Waals surface area contributed by atoms with Gasteiger partial charge < -0.3 is 5.32 Å². The number of carbonyl (C=O) groups excluding carboxylic acids is 1. The van der Waals surface area contributed by atoms with E-state index in [2.05, 4.69) is 31.8 Å². The maximum Gasteiger partial charge on any atom is 0.223 e. The van der Waals surface area contributed by atoms with Crippen molar-refractivity contribution in [2.75, 3.05) is 12.3 Å². The van der Waals surface area contributed by atoms with Crippen molar-refractivity contribution in [2.45, 2.75) is 39.5 Å². The van der Waals surface area contributed by atoms with Crippen LogP contribution >= 0.6 is 12.6 Å². The van der Waals surface area contributed by atoms with E-state index in [1.165, 1.54) is 0 Å². The summed E-state index contributed by atoms with van der Waals surface area (Å²) in [7, 11) is 0. The van der Waals surface area contributed by atoms with Gasteiger partial charge in [0.25, 0.3) is 0 Å². The Balaban J connectivity index is 3.71. The molecule has 0 aromatic rings. The Morgan fingerprint density at radius 3 is 2.62 bits per heavy atom. The third-order valence-electron chi connectivity index (χ3n) is 2.18. The van der Waals surface area contributed by atoms with Crippen molar-refractivity contribution in [2.24, 2.45) is 5.92 Å². The molecule has 0 saturated heterocycles. The van der Waals surface area contributed by atoms with Crippen LogP contribution in [0, 0.1) is 5.92 Å². The molecule has 1 unspecified atom stereocenters. The molecule has 0 saturated carbocycles. The lowest BCUT2D eigenvalue weighted by Crippen LogP contribution is -2.31. The molecule has 0 fully saturated rings. The zero-order chi connectivity index (χ0) is 10.1. The van der Waals surface area contributed by atoms with Crippen LogP contribution in [0.4, 0.5) is 0 Å². The molecule has 0 radical (unpaired) electrons. The van der Waals surface area contributed by atoms with Crippen LogP contribution in [-0.4, -0.2) is 18.2 Å². The monoisotopic (exact) mass is 203 g/mol. The molecule has 0 spiro atoms. The number of amides is 1. The molecule has 0 bridgehead atoms. The van der Waals surface area contributed by atoms with Gasteiger partial charge in [0.1, 0.15) is 0 Å². The molecule has 0 aliphatic rings. The Kier molecular flexibility index (Phi) is 8.30. The lowest BCUT2D eigenvalue weighted by atomic mass is 9.98. The largest absolute Gasteiger partial charge is 0.355 e. The highest BCUT2D eigenvalue weighted by atomic mass is 32.1. The third kappa shape index (κ3) is 5.97. The van der Waals surface area contributed by atoms with Gasteiger partial charge in [0.15, 0.2) is 0 Å². The van der Waals surface area contributed by atoms with Gasteiger partial charge in [0.05, 0.1) is 0 Å². The molecule has 0 rings (SSSR count). The Morgan fingerprint density at radius 2 is 2.15 bits per heavy atom. The first-order valence-corrected chi connectivity index (χ1v) is 5.78. The van der Waals surface area contributed by atoms with E-state index in [-0.39, 0.29) is 11.8 Å². The van der Waals surface area contributed by atoms with Gasteiger partial charge in [-0.1, -0.05) is 26.7 Å². The SMILES string of the molecule is CCCCC(CC)C(=O)NCCS. The predicted octanol–water partition coefficient (Wildman–Crippen LogP) is 2.25. The van der Waals surface area contributed by atoms with Gasteiger partial charge in [-0.15, -0.1) is 0 Å². The van der Waals surface area contributed by atoms with Crippen LogP contribution in [0.5, 0.6) is 0 Å². The second-order valence-corrected chi connectivity index (χ2v) is 3.71. The molecule has 0 aliphatic heterocycles. The number of nitrogens with one attached hydrogen (secondary N) is 1. The van der Waals surface area contributed by atoms with Gasteiger partial charge in [-0.05, 0) is 12.8 Å². The minimum Gasteiger partial charge on any atom is -0.355 e. The fourth-order valence-corrected chi connectivity index (χ4v) is 1.41. The van der Waals surface area contributed by atoms with Crippen molar-refractivity contribution in [3.05, 3.63) is 0 Å². The highest BCUT2D eigenvalue weighted by Crippen LogP contribution is 2.12. The van der Waals surface area contributed by atoms with E-state index >= 15 is 0 Å². The van der Waals surface area contributed by atoms with Crippen LogP contribution in [0.2, 0.25) is 0 Å². The van der Waals surface area contributed by atoms with Crippen molar-refractivity contribution >= 4 is 18.5 Å². The zero-order valence-corrected chi connectivity index (χ0v) is 9.57. The molecular formula is C10H21NOS. The van der Waals surface area contributed by atoms with Crippen LogP contribution < -0.4 is 5.32 Å². The molecular weight excluding hydrogens is 182 g/mol. The van der Waals surface area contributed by atoms with Crippen molar-refractivity contribution in [1.82, 2.24) is 5.32 Å². The van der Waals surface area contributed by atoms with Crippen LogP contribution in [0.15, 0.2) is 0 Å². The Labute approximate surface area is 86.9 Å². The minimum absolute atomic E-state index is 0.199. The Bertz CT molecular complexity index is 139. The van der Waals surface area contributed by atoms with Crippen LogP contribution in [0.1, 0.15) is 39.5 Å². The van der Waals surface area contributed by atoms with E-state index < -0.39 is 0 Å². The summed E-state index contributed by atoms with van der Waals surface area (Å²) in [6.45, 7) is 4.91. The van der Waals surface area contributed by atoms with Gasteiger partial charge in [-0.3, -0.25) is 4.79 Å². The lowest BCUT2D eigenvalue weighted by molar-refractivity contribution is -0.125. The second-order valence-electron chi connectivity index (χ2n) is 3.26. The molecule has 1 atom stereocenters. The normalized spacial score (nSPS) is 12.5. The molecule has 0 heterocycles. The number of hydrogen-bond acceptors (Lipinski definition) is 2. The van der Waals surface area contributed by atoms with E-state index in [0.717, 1.165) is 31.4 Å². The highest BCUT2D eigenvalue weighted by Gasteiger charge is 2.14. The number of hydrogen-bond donors (Lipinski definition) is 2. The average molecular weight is 203 g/mol. The average Bonchev–Trinajstić information content (AvgIpc) is 2.16. The van der Waals surface area contributed by atoms with Gasteiger partial charge in [0.2, 0.25) is 5.91 Å². The summed E-state index contributed by atoms with van der Waals surface area (Å²) in [4.78, 5) is 11.5. The maximum absolute atomic E-state index is 11.5. The second kappa shape index (κ2) is 8.42. The number of unbranched alkanes of at least 4 members (excludes halogenated alkanes) is 1. The van der Waals surface area contributed by atoms with E-state index in [1.807, 2.05) is 0 Å². The molecule has 2 nitrogen and oxygen atoms in total. The quantitative estimate of drug-likeness (QED) is 0.611. The first-order valence-electron chi connectivity index (χ1n) is 5.14. The van der Waals surface area contributed by atoms with Crippen molar-refractivity contribution in [1.29, 1.82) is 0 Å².